The zero-order chi connectivity index (χ0) is 16.1. The van der Waals surface area contributed by atoms with Crippen LogP contribution in [0.15, 0.2) is 18.2 Å². The van der Waals surface area contributed by atoms with Crippen molar-refractivity contribution in [2.75, 3.05) is 26.7 Å². The third-order valence-corrected chi connectivity index (χ3v) is 4.17. The number of ether oxygens (including phenoxy) is 1. The minimum atomic E-state index is -0.739. The molecule has 120 valence electrons. The maximum absolute atomic E-state index is 12.4. The average molecular weight is 305 g/mol. The van der Waals surface area contributed by atoms with Crippen molar-refractivity contribution in [2.45, 2.75) is 26.2 Å². The van der Waals surface area contributed by atoms with Crippen LogP contribution in [-0.2, 0) is 4.79 Å². The van der Waals surface area contributed by atoms with Crippen molar-refractivity contribution in [3.8, 4) is 5.75 Å². The van der Waals surface area contributed by atoms with E-state index in [2.05, 4.69) is 4.90 Å². The first kappa shape index (κ1) is 16.5. The summed E-state index contributed by atoms with van der Waals surface area (Å²) in [6, 6.07) is 5.57. The number of hydrogen-bond acceptors (Lipinski definition) is 4. The van der Waals surface area contributed by atoms with Crippen LogP contribution in [0, 0.1) is 12.8 Å². The second-order valence-corrected chi connectivity index (χ2v) is 5.85. The van der Waals surface area contributed by atoms with Crippen molar-refractivity contribution in [3.05, 3.63) is 29.3 Å². The van der Waals surface area contributed by atoms with E-state index in [0.717, 1.165) is 24.9 Å². The normalized spacial score (nSPS) is 18.9. The standard InChI is InChI=1S/C17H23NO4/c1-12-5-6-16(22-2)14(10-12)15(19)7-9-18-8-3-4-13(11-18)17(20)21/h5-6,10,13H,3-4,7-9,11H2,1-2H3,(H,20,21). The molecule has 1 aromatic rings. The van der Waals surface area contributed by atoms with E-state index in [9.17, 15) is 9.59 Å². The first-order valence-corrected chi connectivity index (χ1v) is 7.64. The Balaban J connectivity index is 1.95. The monoisotopic (exact) mass is 305 g/mol. The molecule has 1 aromatic carbocycles. The molecule has 2 rings (SSSR count). The smallest absolute Gasteiger partial charge is 0.307 e. The lowest BCUT2D eigenvalue weighted by atomic mass is 9.97. The van der Waals surface area contributed by atoms with Crippen molar-refractivity contribution in [1.82, 2.24) is 4.90 Å². The van der Waals surface area contributed by atoms with E-state index in [1.807, 2.05) is 25.1 Å². The van der Waals surface area contributed by atoms with E-state index < -0.39 is 5.97 Å². The highest BCUT2D eigenvalue weighted by Gasteiger charge is 2.25. The van der Waals surface area contributed by atoms with Gasteiger partial charge in [0.2, 0.25) is 0 Å². The maximum Gasteiger partial charge on any atom is 0.307 e. The Bertz CT molecular complexity index is 556. The molecule has 0 saturated carbocycles. The number of hydrogen-bond donors (Lipinski definition) is 1. The second kappa shape index (κ2) is 7.40. The minimum absolute atomic E-state index is 0.0398. The summed E-state index contributed by atoms with van der Waals surface area (Å²) in [7, 11) is 1.56. The highest BCUT2D eigenvalue weighted by Crippen LogP contribution is 2.22. The van der Waals surface area contributed by atoms with Crippen LogP contribution in [0.4, 0.5) is 0 Å². The second-order valence-electron chi connectivity index (χ2n) is 5.85. The fraction of sp³-hybridized carbons (Fsp3) is 0.529. The van der Waals surface area contributed by atoms with Gasteiger partial charge in [-0.05, 0) is 38.4 Å². The average Bonchev–Trinajstić information content (AvgIpc) is 2.52. The number of aryl methyl sites for hydroxylation is 1. The van der Waals surface area contributed by atoms with Gasteiger partial charge in [-0.25, -0.2) is 0 Å². The Hall–Kier alpha value is -1.88. The number of benzene rings is 1. The third-order valence-electron chi connectivity index (χ3n) is 4.17. The Morgan fingerprint density at radius 2 is 2.18 bits per heavy atom. The summed E-state index contributed by atoms with van der Waals surface area (Å²) in [5.41, 5.74) is 1.63. The molecule has 0 aromatic heterocycles. The summed E-state index contributed by atoms with van der Waals surface area (Å²) in [5.74, 6) is -0.413. The predicted octanol–water partition coefficient (Wildman–Crippen LogP) is 2.37. The van der Waals surface area contributed by atoms with Gasteiger partial charge in [-0.15, -0.1) is 0 Å². The molecule has 1 aliphatic rings. The Labute approximate surface area is 130 Å². The van der Waals surface area contributed by atoms with Gasteiger partial charge in [0, 0.05) is 19.5 Å². The Kier molecular flexibility index (Phi) is 5.55. The van der Waals surface area contributed by atoms with Crippen LogP contribution in [0.3, 0.4) is 0 Å². The molecule has 0 radical (unpaired) electrons. The fourth-order valence-corrected chi connectivity index (χ4v) is 2.89. The molecule has 1 aliphatic heterocycles. The number of carbonyl (C=O) groups is 2. The molecule has 0 aliphatic carbocycles. The van der Waals surface area contributed by atoms with E-state index in [-0.39, 0.29) is 11.7 Å². The number of nitrogens with zero attached hydrogens (tertiary/aromatic N) is 1. The maximum atomic E-state index is 12.4. The number of ketones is 1. The summed E-state index contributed by atoms with van der Waals surface area (Å²) in [5, 5.41) is 9.10. The van der Waals surface area contributed by atoms with Crippen LogP contribution >= 0.6 is 0 Å². The van der Waals surface area contributed by atoms with Crippen LogP contribution in [0.2, 0.25) is 0 Å². The number of carboxylic acid groups (broad SMARTS) is 1. The van der Waals surface area contributed by atoms with Crippen molar-refractivity contribution < 1.29 is 19.4 Å². The van der Waals surface area contributed by atoms with E-state index >= 15 is 0 Å². The number of methoxy groups -OCH3 is 1. The summed E-state index contributed by atoms with van der Waals surface area (Å²) in [6.07, 6.45) is 1.98. The molecule has 0 spiro atoms. The lowest BCUT2D eigenvalue weighted by Crippen LogP contribution is -2.39. The molecular weight excluding hydrogens is 282 g/mol. The molecule has 0 amide bonds. The Morgan fingerprint density at radius 3 is 2.86 bits per heavy atom. The van der Waals surface area contributed by atoms with E-state index in [1.54, 1.807) is 7.11 Å². The van der Waals surface area contributed by atoms with Crippen LogP contribution in [0.5, 0.6) is 5.75 Å². The largest absolute Gasteiger partial charge is 0.496 e. The van der Waals surface area contributed by atoms with Crippen molar-refractivity contribution in [3.63, 3.8) is 0 Å². The number of carbonyl (C=O) groups excluding carboxylic acids is 1. The molecule has 1 atom stereocenters. The quantitative estimate of drug-likeness (QED) is 0.817. The fourth-order valence-electron chi connectivity index (χ4n) is 2.89. The van der Waals surface area contributed by atoms with Crippen molar-refractivity contribution >= 4 is 11.8 Å². The summed E-state index contributed by atoms with van der Waals surface area (Å²) >= 11 is 0. The van der Waals surface area contributed by atoms with Gasteiger partial charge in [0.1, 0.15) is 5.75 Å². The molecule has 22 heavy (non-hydrogen) atoms. The molecule has 1 heterocycles. The highest BCUT2D eigenvalue weighted by atomic mass is 16.5. The van der Waals surface area contributed by atoms with Crippen LogP contribution in [0.1, 0.15) is 35.2 Å². The number of rotatable bonds is 6. The summed E-state index contributed by atoms with van der Waals surface area (Å²) in [4.78, 5) is 25.6. The van der Waals surface area contributed by atoms with Gasteiger partial charge in [0.05, 0.1) is 18.6 Å². The van der Waals surface area contributed by atoms with Crippen molar-refractivity contribution in [1.29, 1.82) is 0 Å². The number of likely N-dealkylation sites (tertiary alicyclic amines) is 1. The van der Waals surface area contributed by atoms with E-state index in [4.69, 9.17) is 9.84 Å². The number of carboxylic acids is 1. The molecule has 1 unspecified atom stereocenters. The minimum Gasteiger partial charge on any atom is -0.496 e. The SMILES string of the molecule is COc1ccc(C)cc1C(=O)CCN1CCCC(C(=O)O)C1. The molecule has 5 heteroatoms. The molecular formula is C17H23NO4. The summed E-state index contributed by atoms with van der Waals surface area (Å²) in [6.45, 7) is 3.94. The number of Topliss-reactive ketones (excluding diaryl/α,β-unsaturated/α-hetero) is 1. The number of piperidine rings is 1. The Morgan fingerprint density at radius 1 is 1.41 bits per heavy atom. The summed E-state index contributed by atoms with van der Waals surface area (Å²) < 4.78 is 5.25. The van der Waals surface area contributed by atoms with Gasteiger partial charge in [0.15, 0.2) is 5.78 Å². The first-order chi connectivity index (χ1) is 10.5. The van der Waals surface area contributed by atoms with Gasteiger partial charge in [0.25, 0.3) is 0 Å². The zero-order valence-corrected chi connectivity index (χ0v) is 13.2. The van der Waals surface area contributed by atoms with Gasteiger partial charge in [-0.1, -0.05) is 11.6 Å². The lowest BCUT2D eigenvalue weighted by Gasteiger charge is -2.30. The van der Waals surface area contributed by atoms with E-state index in [1.165, 1.54) is 0 Å². The lowest BCUT2D eigenvalue weighted by molar-refractivity contribution is -0.143. The zero-order valence-electron chi connectivity index (χ0n) is 13.2. The van der Waals surface area contributed by atoms with E-state index in [0.29, 0.717) is 30.8 Å². The van der Waals surface area contributed by atoms with Gasteiger partial charge >= 0.3 is 5.97 Å². The van der Waals surface area contributed by atoms with Gasteiger partial charge in [-0.3, -0.25) is 9.59 Å². The molecule has 1 N–H and O–H groups in total. The molecule has 0 bridgehead atoms. The van der Waals surface area contributed by atoms with Crippen LogP contribution in [0.25, 0.3) is 0 Å². The predicted molar refractivity (Wildman–Crippen MR) is 83.5 cm³/mol. The number of aliphatic carboxylic acids is 1. The molecule has 1 saturated heterocycles. The van der Waals surface area contributed by atoms with Crippen LogP contribution in [-0.4, -0.2) is 48.5 Å². The topological polar surface area (TPSA) is 66.8 Å². The molecule has 1 fully saturated rings. The van der Waals surface area contributed by atoms with Crippen LogP contribution < -0.4 is 4.74 Å². The van der Waals surface area contributed by atoms with Gasteiger partial charge in [-0.2, -0.15) is 0 Å². The van der Waals surface area contributed by atoms with Crippen molar-refractivity contribution in [2.24, 2.45) is 5.92 Å². The highest BCUT2D eigenvalue weighted by molar-refractivity contribution is 5.99. The first-order valence-electron chi connectivity index (χ1n) is 7.64. The third kappa shape index (κ3) is 4.07. The van der Waals surface area contributed by atoms with Gasteiger partial charge < -0.3 is 14.7 Å². The molecule has 5 nitrogen and oxygen atoms in total.